The number of aromatic nitrogens is 2. The number of alkyl halides is 3. The van der Waals surface area contributed by atoms with Gasteiger partial charge in [0.2, 0.25) is 0 Å². The van der Waals surface area contributed by atoms with Crippen LogP contribution in [0.4, 0.5) is 13.2 Å². The quantitative estimate of drug-likeness (QED) is 0.437. The second-order valence-corrected chi connectivity index (χ2v) is 9.53. The van der Waals surface area contributed by atoms with Gasteiger partial charge in [-0.05, 0) is 62.2 Å². The molecule has 0 saturated carbocycles. The molecule has 33 heavy (non-hydrogen) atoms. The average molecular weight is 471 g/mol. The van der Waals surface area contributed by atoms with Gasteiger partial charge in [-0.25, -0.2) is 0 Å². The van der Waals surface area contributed by atoms with Crippen molar-refractivity contribution in [3.05, 3.63) is 82.9 Å². The monoisotopic (exact) mass is 470 g/mol. The molecule has 4 nitrogen and oxygen atoms in total. The molecule has 5 rings (SSSR count). The van der Waals surface area contributed by atoms with Crippen molar-refractivity contribution in [2.24, 2.45) is 4.99 Å². The maximum absolute atomic E-state index is 13.4. The molecule has 0 bridgehead atoms. The molecule has 172 valence electrons. The van der Waals surface area contributed by atoms with E-state index in [2.05, 4.69) is 22.9 Å². The standard InChI is InChI=1S/C25H25F3N4S/c1-4-18-14-33-24-30-22(21-10-5-6-11-29-21)23(32(18)24)20-12-15(2)31(16(20)3)19-9-7-8-17(13-19)25(26,27)28/h5-13,18,22-23H,4,14H2,1-3H3/t18-,22+,23+/m0/s1. The van der Waals surface area contributed by atoms with E-state index in [-0.39, 0.29) is 12.1 Å². The molecule has 2 aliphatic rings. The van der Waals surface area contributed by atoms with Crippen LogP contribution in [0.15, 0.2) is 59.7 Å². The third-order valence-electron chi connectivity index (χ3n) is 6.55. The maximum Gasteiger partial charge on any atom is 0.416 e. The first-order valence-electron chi connectivity index (χ1n) is 11.1. The lowest BCUT2D eigenvalue weighted by atomic mass is 9.95. The van der Waals surface area contributed by atoms with Crippen molar-refractivity contribution >= 4 is 16.9 Å². The minimum atomic E-state index is -4.38. The molecule has 0 amide bonds. The number of thioether (sulfide) groups is 1. The third kappa shape index (κ3) is 3.74. The van der Waals surface area contributed by atoms with Crippen LogP contribution >= 0.6 is 11.8 Å². The summed E-state index contributed by atoms with van der Waals surface area (Å²) in [5, 5.41) is 1.03. The molecule has 0 aliphatic carbocycles. The second kappa shape index (κ2) is 8.24. The summed E-state index contributed by atoms with van der Waals surface area (Å²) in [7, 11) is 0. The maximum atomic E-state index is 13.4. The number of fused-ring (bicyclic) bond motifs is 1. The molecule has 1 saturated heterocycles. The van der Waals surface area contributed by atoms with E-state index in [0.717, 1.165) is 46.1 Å². The Hall–Kier alpha value is -2.74. The molecular formula is C25H25F3N4S. The predicted molar refractivity (Wildman–Crippen MR) is 126 cm³/mol. The zero-order chi connectivity index (χ0) is 23.3. The summed E-state index contributed by atoms with van der Waals surface area (Å²) in [6, 6.07) is 13.7. The van der Waals surface area contributed by atoms with Crippen LogP contribution in [0.25, 0.3) is 5.69 Å². The van der Waals surface area contributed by atoms with E-state index in [1.165, 1.54) is 12.1 Å². The molecule has 0 N–H and O–H groups in total. The molecule has 0 radical (unpaired) electrons. The largest absolute Gasteiger partial charge is 0.416 e. The molecule has 4 heterocycles. The normalized spacial score (nSPS) is 22.5. The second-order valence-electron chi connectivity index (χ2n) is 8.55. The number of amidine groups is 1. The van der Waals surface area contributed by atoms with Gasteiger partial charge in [0.15, 0.2) is 5.17 Å². The lowest BCUT2D eigenvalue weighted by Gasteiger charge is -2.32. The number of benzene rings is 1. The van der Waals surface area contributed by atoms with E-state index in [1.54, 1.807) is 24.0 Å². The Bertz CT molecular complexity index is 1200. The van der Waals surface area contributed by atoms with E-state index < -0.39 is 11.7 Å². The Labute approximate surface area is 195 Å². The minimum absolute atomic E-state index is 0.0411. The highest BCUT2D eigenvalue weighted by atomic mass is 32.2. The van der Waals surface area contributed by atoms with E-state index in [4.69, 9.17) is 4.99 Å². The number of hydrogen-bond acceptors (Lipinski definition) is 4. The fraction of sp³-hybridized carbons (Fsp3) is 0.360. The topological polar surface area (TPSA) is 33.4 Å². The van der Waals surface area contributed by atoms with Crippen molar-refractivity contribution < 1.29 is 13.2 Å². The Morgan fingerprint density at radius 1 is 1.09 bits per heavy atom. The van der Waals surface area contributed by atoms with Crippen LogP contribution in [-0.2, 0) is 6.18 Å². The zero-order valence-electron chi connectivity index (χ0n) is 18.7. The van der Waals surface area contributed by atoms with Crippen LogP contribution in [0.5, 0.6) is 0 Å². The van der Waals surface area contributed by atoms with E-state index in [1.807, 2.05) is 36.6 Å². The van der Waals surface area contributed by atoms with Crippen LogP contribution in [0.1, 0.15) is 53.6 Å². The van der Waals surface area contributed by atoms with Crippen molar-refractivity contribution in [3.63, 3.8) is 0 Å². The highest BCUT2D eigenvalue weighted by Crippen LogP contribution is 2.49. The van der Waals surface area contributed by atoms with Gasteiger partial charge in [0.05, 0.1) is 17.3 Å². The number of aryl methyl sites for hydroxylation is 1. The van der Waals surface area contributed by atoms with Crippen LogP contribution in [-0.4, -0.2) is 31.4 Å². The highest BCUT2D eigenvalue weighted by Gasteiger charge is 2.46. The van der Waals surface area contributed by atoms with Gasteiger partial charge < -0.3 is 9.47 Å². The van der Waals surface area contributed by atoms with Gasteiger partial charge in [-0.1, -0.05) is 30.8 Å². The van der Waals surface area contributed by atoms with Crippen LogP contribution in [0, 0.1) is 13.8 Å². The zero-order valence-corrected chi connectivity index (χ0v) is 19.5. The average Bonchev–Trinajstić information content (AvgIpc) is 3.45. The van der Waals surface area contributed by atoms with Gasteiger partial charge >= 0.3 is 6.18 Å². The lowest BCUT2D eigenvalue weighted by Crippen LogP contribution is -2.35. The number of halogens is 3. The van der Waals surface area contributed by atoms with E-state index >= 15 is 0 Å². The highest BCUT2D eigenvalue weighted by molar-refractivity contribution is 8.14. The lowest BCUT2D eigenvalue weighted by molar-refractivity contribution is -0.137. The number of hydrogen-bond donors (Lipinski definition) is 0. The summed E-state index contributed by atoms with van der Waals surface area (Å²) in [5.41, 5.74) is 3.69. The molecule has 3 aromatic rings. The molecular weight excluding hydrogens is 445 g/mol. The fourth-order valence-electron chi connectivity index (χ4n) is 4.99. The van der Waals surface area contributed by atoms with Gasteiger partial charge in [0.1, 0.15) is 6.04 Å². The van der Waals surface area contributed by atoms with E-state index in [0.29, 0.717) is 11.7 Å². The molecule has 0 spiro atoms. The van der Waals surface area contributed by atoms with Crippen molar-refractivity contribution in [1.29, 1.82) is 0 Å². The van der Waals surface area contributed by atoms with Gasteiger partial charge in [0, 0.05) is 35.1 Å². The molecule has 3 atom stereocenters. The smallest absolute Gasteiger partial charge is 0.338 e. The van der Waals surface area contributed by atoms with Gasteiger partial charge in [-0.2, -0.15) is 13.2 Å². The molecule has 2 aromatic heterocycles. The summed E-state index contributed by atoms with van der Waals surface area (Å²) in [6.07, 6.45) is -1.59. The van der Waals surface area contributed by atoms with Crippen LogP contribution in [0.3, 0.4) is 0 Å². The van der Waals surface area contributed by atoms with Gasteiger partial charge in [-0.3, -0.25) is 9.98 Å². The Morgan fingerprint density at radius 2 is 1.91 bits per heavy atom. The van der Waals surface area contributed by atoms with Gasteiger partial charge in [-0.15, -0.1) is 0 Å². The Kier molecular flexibility index (Phi) is 5.51. The number of pyridine rings is 1. The van der Waals surface area contributed by atoms with Crippen molar-refractivity contribution in [2.75, 3.05) is 5.75 Å². The van der Waals surface area contributed by atoms with Crippen molar-refractivity contribution in [1.82, 2.24) is 14.5 Å². The molecule has 1 aromatic carbocycles. The van der Waals surface area contributed by atoms with Crippen molar-refractivity contribution in [2.45, 2.75) is 51.5 Å². The van der Waals surface area contributed by atoms with Crippen LogP contribution in [0.2, 0.25) is 0 Å². The predicted octanol–water partition coefficient (Wildman–Crippen LogP) is 6.49. The Morgan fingerprint density at radius 3 is 2.61 bits per heavy atom. The first-order chi connectivity index (χ1) is 15.8. The molecule has 8 heteroatoms. The number of aliphatic imine (C=N–C) groups is 1. The summed E-state index contributed by atoms with van der Waals surface area (Å²) in [5.74, 6) is 0.993. The van der Waals surface area contributed by atoms with Gasteiger partial charge in [0.25, 0.3) is 0 Å². The van der Waals surface area contributed by atoms with E-state index in [9.17, 15) is 13.2 Å². The molecule has 2 aliphatic heterocycles. The van der Waals surface area contributed by atoms with Crippen LogP contribution < -0.4 is 0 Å². The first kappa shape index (κ1) is 22.1. The molecule has 1 fully saturated rings. The summed E-state index contributed by atoms with van der Waals surface area (Å²) in [4.78, 5) is 12.1. The third-order valence-corrected chi connectivity index (χ3v) is 7.68. The summed E-state index contributed by atoms with van der Waals surface area (Å²) < 4.78 is 42.0. The Balaban J connectivity index is 1.63. The SMILES string of the molecule is CC[C@H]1CSC2=N[C@H](c3ccccn3)[C@@H](c3cc(C)n(-c4cccc(C(F)(F)F)c4)c3C)N21. The van der Waals surface area contributed by atoms with Crippen molar-refractivity contribution in [3.8, 4) is 5.69 Å². The first-order valence-corrected chi connectivity index (χ1v) is 12.0. The fourth-order valence-corrected chi connectivity index (χ4v) is 6.33. The minimum Gasteiger partial charge on any atom is -0.338 e. The summed E-state index contributed by atoms with van der Waals surface area (Å²) in [6.45, 7) is 6.12. The summed E-state index contributed by atoms with van der Waals surface area (Å²) >= 11 is 1.78. The number of nitrogens with zero attached hydrogens (tertiary/aromatic N) is 4. The number of rotatable bonds is 4. The molecule has 0 unspecified atom stereocenters.